The van der Waals surface area contributed by atoms with Gasteiger partial charge in [0.15, 0.2) is 0 Å². The summed E-state index contributed by atoms with van der Waals surface area (Å²) >= 11 is 0. The van der Waals surface area contributed by atoms with Gasteiger partial charge in [0.1, 0.15) is 5.82 Å². The number of benzene rings is 1. The molecule has 0 bridgehead atoms. The Morgan fingerprint density at radius 1 is 1.08 bits per heavy atom. The van der Waals surface area contributed by atoms with E-state index in [9.17, 15) is 4.39 Å². The zero-order chi connectivity index (χ0) is 10.2. The van der Waals surface area contributed by atoms with E-state index in [1.54, 1.807) is 6.07 Å². The average molecular weight is 180 g/mol. The minimum Gasteiger partial charge on any atom is -0.207 e. The van der Waals surface area contributed by atoms with E-state index in [1.807, 2.05) is 19.9 Å². The molecule has 0 fully saturated rings. The molecule has 0 radical (unpaired) electrons. The van der Waals surface area contributed by atoms with Gasteiger partial charge < -0.3 is 0 Å². The zero-order valence-corrected chi connectivity index (χ0v) is 9.03. The fourth-order valence-electron chi connectivity index (χ4n) is 1.98. The number of aryl methyl sites for hydroxylation is 1. The molecule has 0 heterocycles. The van der Waals surface area contributed by atoms with Crippen molar-refractivity contribution in [1.82, 2.24) is 0 Å². The minimum atomic E-state index is -0.101. The van der Waals surface area contributed by atoms with Gasteiger partial charge in [0, 0.05) is 0 Å². The van der Waals surface area contributed by atoms with Crippen molar-refractivity contribution in [3.63, 3.8) is 0 Å². The molecule has 0 aromatic heterocycles. The van der Waals surface area contributed by atoms with Crippen molar-refractivity contribution in [1.29, 1.82) is 0 Å². The Kier molecular flexibility index (Phi) is 2.47. The van der Waals surface area contributed by atoms with Crippen LogP contribution in [-0.4, -0.2) is 0 Å². The molecule has 0 aliphatic rings. The van der Waals surface area contributed by atoms with Crippen LogP contribution in [0, 0.1) is 19.7 Å². The maximum absolute atomic E-state index is 13.3. The average Bonchev–Trinajstić information content (AvgIpc) is 1.95. The smallest absolute Gasteiger partial charge is 0.126 e. The first kappa shape index (κ1) is 10.2. The van der Waals surface area contributed by atoms with E-state index in [1.165, 1.54) is 5.56 Å². The van der Waals surface area contributed by atoms with Gasteiger partial charge in [-0.2, -0.15) is 0 Å². The highest BCUT2D eigenvalue weighted by atomic mass is 19.1. The maximum Gasteiger partial charge on any atom is 0.126 e. The third-order valence-electron chi connectivity index (χ3n) is 2.36. The van der Waals surface area contributed by atoms with Crippen LogP contribution in [0.15, 0.2) is 12.1 Å². The predicted octanol–water partition coefficient (Wildman–Crippen LogP) is 3.74. The molecule has 0 amide bonds. The minimum absolute atomic E-state index is 0.0241. The standard InChI is InChI=1S/C12H17F/c1-8-6-7-10(13)9(2)11(8)12(3,4)5/h6-7H,1-5H3. The summed E-state index contributed by atoms with van der Waals surface area (Å²) in [7, 11) is 0. The molecule has 0 unspecified atom stereocenters. The van der Waals surface area contributed by atoms with Gasteiger partial charge in [0.25, 0.3) is 0 Å². The molecule has 0 spiro atoms. The molecule has 13 heavy (non-hydrogen) atoms. The molecule has 0 aliphatic carbocycles. The summed E-state index contributed by atoms with van der Waals surface area (Å²) in [5.74, 6) is -0.101. The molecule has 1 heteroatoms. The number of hydrogen-bond acceptors (Lipinski definition) is 0. The van der Waals surface area contributed by atoms with Gasteiger partial charge in [-0.25, -0.2) is 4.39 Å². The van der Waals surface area contributed by atoms with E-state index in [-0.39, 0.29) is 11.2 Å². The Hall–Kier alpha value is -0.850. The van der Waals surface area contributed by atoms with Crippen LogP contribution in [0.1, 0.15) is 37.5 Å². The lowest BCUT2D eigenvalue weighted by Gasteiger charge is -2.24. The molecule has 1 rings (SSSR count). The lowest BCUT2D eigenvalue weighted by molar-refractivity contribution is 0.559. The zero-order valence-electron chi connectivity index (χ0n) is 9.03. The summed E-state index contributed by atoms with van der Waals surface area (Å²) in [6.45, 7) is 10.2. The molecule has 0 aliphatic heterocycles. The molecule has 1 aromatic rings. The van der Waals surface area contributed by atoms with Gasteiger partial charge in [-0.05, 0) is 42.0 Å². The Morgan fingerprint density at radius 3 is 2.00 bits per heavy atom. The summed E-state index contributed by atoms with van der Waals surface area (Å²) in [4.78, 5) is 0. The third kappa shape index (κ3) is 1.90. The van der Waals surface area contributed by atoms with Crippen molar-refractivity contribution in [2.45, 2.75) is 40.0 Å². The van der Waals surface area contributed by atoms with E-state index < -0.39 is 0 Å². The van der Waals surface area contributed by atoms with Crippen molar-refractivity contribution < 1.29 is 4.39 Å². The summed E-state index contributed by atoms with van der Waals surface area (Å²) in [6.07, 6.45) is 0. The molecule has 0 saturated carbocycles. The van der Waals surface area contributed by atoms with E-state index in [0.29, 0.717) is 0 Å². The van der Waals surface area contributed by atoms with Crippen LogP contribution in [0.25, 0.3) is 0 Å². The van der Waals surface area contributed by atoms with Crippen molar-refractivity contribution in [2.24, 2.45) is 0 Å². The van der Waals surface area contributed by atoms with Crippen LogP contribution in [-0.2, 0) is 5.41 Å². The predicted molar refractivity (Wildman–Crippen MR) is 54.6 cm³/mol. The number of hydrogen-bond donors (Lipinski definition) is 0. The fourth-order valence-corrected chi connectivity index (χ4v) is 1.98. The molecule has 0 saturated heterocycles. The lowest BCUT2D eigenvalue weighted by Crippen LogP contribution is -2.15. The Morgan fingerprint density at radius 2 is 1.62 bits per heavy atom. The highest BCUT2D eigenvalue weighted by Gasteiger charge is 2.20. The Balaban J connectivity index is 3.43. The summed E-state index contributed by atoms with van der Waals surface area (Å²) in [5.41, 5.74) is 3.11. The number of rotatable bonds is 0. The lowest BCUT2D eigenvalue weighted by atomic mass is 9.81. The van der Waals surface area contributed by atoms with Crippen LogP contribution in [0.3, 0.4) is 0 Å². The maximum atomic E-state index is 13.3. The Labute approximate surface area is 79.8 Å². The second-order valence-electron chi connectivity index (χ2n) is 4.61. The van der Waals surface area contributed by atoms with Crippen molar-refractivity contribution >= 4 is 0 Å². The van der Waals surface area contributed by atoms with Crippen LogP contribution >= 0.6 is 0 Å². The van der Waals surface area contributed by atoms with E-state index >= 15 is 0 Å². The van der Waals surface area contributed by atoms with E-state index in [0.717, 1.165) is 11.1 Å². The van der Waals surface area contributed by atoms with E-state index in [4.69, 9.17) is 0 Å². The number of halogens is 1. The van der Waals surface area contributed by atoms with Gasteiger partial charge in [0.05, 0.1) is 0 Å². The molecular weight excluding hydrogens is 163 g/mol. The molecule has 72 valence electrons. The van der Waals surface area contributed by atoms with Crippen LogP contribution in [0.2, 0.25) is 0 Å². The summed E-state index contributed by atoms with van der Waals surface area (Å²) < 4.78 is 13.3. The van der Waals surface area contributed by atoms with Crippen LogP contribution < -0.4 is 0 Å². The van der Waals surface area contributed by atoms with Gasteiger partial charge in [-0.1, -0.05) is 26.8 Å². The first-order valence-electron chi connectivity index (χ1n) is 4.60. The molecule has 0 N–H and O–H groups in total. The molecular formula is C12H17F. The summed E-state index contributed by atoms with van der Waals surface area (Å²) in [5, 5.41) is 0. The second kappa shape index (κ2) is 3.13. The first-order valence-corrected chi connectivity index (χ1v) is 4.60. The van der Waals surface area contributed by atoms with Gasteiger partial charge in [-0.15, -0.1) is 0 Å². The topological polar surface area (TPSA) is 0 Å². The van der Waals surface area contributed by atoms with Gasteiger partial charge >= 0.3 is 0 Å². The van der Waals surface area contributed by atoms with Gasteiger partial charge in [-0.3, -0.25) is 0 Å². The van der Waals surface area contributed by atoms with Gasteiger partial charge in [0.2, 0.25) is 0 Å². The quantitative estimate of drug-likeness (QED) is 0.570. The second-order valence-corrected chi connectivity index (χ2v) is 4.61. The normalized spacial score (nSPS) is 11.8. The first-order chi connectivity index (χ1) is 5.84. The van der Waals surface area contributed by atoms with Crippen molar-refractivity contribution in [2.75, 3.05) is 0 Å². The van der Waals surface area contributed by atoms with Crippen molar-refractivity contribution in [3.8, 4) is 0 Å². The highest BCUT2D eigenvalue weighted by molar-refractivity contribution is 5.39. The Bertz CT molecular complexity index is 319. The molecule has 0 atom stereocenters. The van der Waals surface area contributed by atoms with E-state index in [2.05, 4.69) is 20.8 Å². The molecule has 1 aromatic carbocycles. The SMILES string of the molecule is Cc1ccc(F)c(C)c1C(C)(C)C. The largest absolute Gasteiger partial charge is 0.207 e. The van der Waals surface area contributed by atoms with Crippen LogP contribution in [0.5, 0.6) is 0 Å². The molecule has 0 nitrogen and oxygen atoms in total. The monoisotopic (exact) mass is 180 g/mol. The summed E-state index contributed by atoms with van der Waals surface area (Å²) in [6, 6.07) is 3.39. The fraction of sp³-hybridized carbons (Fsp3) is 0.500. The van der Waals surface area contributed by atoms with Crippen molar-refractivity contribution in [3.05, 3.63) is 34.6 Å². The van der Waals surface area contributed by atoms with Crippen LogP contribution in [0.4, 0.5) is 4.39 Å². The highest BCUT2D eigenvalue weighted by Crippen LogP contribution is 2.29. The third-order valence-corrected chi connectivity index (χ3v) is 2.36.